The minimum absolute atomic E-state index is 0.0299. The van der Waals surface area contributed by atoms with Gasteiger partial charge < -0.3 is 55.2 Å². The summed E-state index contributed by atoms with van der Waals surface area (Å²) in [6.07, 6.45) is -6.05. The monoisotopic (exact) mass is 583 g/mol. The van der Waals surface area contributed by atoms with Crippen LogP contribution in [0.2, 0.25) is 0 Å². The molecule has 2 unspecified atom stereocenters. The number of aliphatic hydroxyl groups excluding tert-OH is 8. The fourth-order valence-corrected chi connectivity index (χ4v) is 5.89. The second-order valence-corrected chi connectivity index (χ2v) is 11.0. The number of rotatable bonds is 4. The largest absolute Gasteiger partial charge is 0.394 e. The summed E-state index contributed by atoms with van der Waals surface area (Å²) in [7, 11) is 0. The molecule has 1 aliphatic carbocycles. The van der Waals surface area contributed by atoms with Gasteiger partial charge in [-0.1, -0.05) is 48.8 Å². The lowest BCUT2D eigenvalue weighted by molar-refractivity contribution is -0.214. The van der Waals surface area contributed by atoms with E-state index < -0.39 is 74.3 Å². The highest BCUT2D eigenvalue weighted by Gasteiger charge is 2.44. The Kier molecular flexibility index (Phi) is 9.38. The Labute approximate surface area is 243 Å². The first kappa shape index (κ1) is 30.7. The smallest absolute Gasteiger partial charge is 0.147 e. The van der Waals surface area contributed by atoms with Crippen LogP contribution in [0.3, 0.4) is 0 Å². The molecule has 0 bridgehead atoms. The van der Waals surface area contributed by atoms with Crippen LogP contribution in [0.25, 0.3) is 0 Å². The van der Waals surface area contributed by atoms with E-state index in [1.165, 1.54) is 0 Å². The molecule has 3 aliphatic heterocycles. The molecule has 11 heteroatoms. The predicted octanol–water partition coefficient (Wildman–Crippen LogP) is -2.10. The summed E-state index contributed by atoms with van der Waals surface area (Å²) < 4.78 is 11.0. The quantitative estimate of drug-likeness (QED) is 0.182. The molecule has 0 amide bonds. The number of hydrogen-bond donors (Lipinski definition) is 8. The van der Waals surface area contributed by atoms with Gasteiger partial charge in [0.25, 0.3) is 0 Å². The molecule has 1 aromatic rings. The van der Waals surface area contributed by atoms with E-state index in [-0.39, 0.29) is 12.0 Å². The minimum Gasteiger partial charge on any atom is -0.394 e. The van der Waals surface area contributed by atoms with Crippen LogP contribution in [0.15, 0.2) is 42.0 Å². The highest BCUT2D eigenvalue weighted by Crippen LogP contribution is 2.45. The molecule has 11 nitrogen and oxygen atoms in total. The van der Waals surface area contributed by atoms with Gasteiger partial charge in [-0.25, -0.2) is 0 Å². The molecule has 0 spiro atoms. The Morgan fingerprint density at radius 1 is 0.786 bits per heavy atom. The van der Waals surface area contributed by atoms with Crippen LogP contribution in [0.5, 0.6) is 0 Å². The Bertz CT molecular complexity index is 1320. The van der Waals surface area contributed by atoms with Crippen molar-refractivity contribution in [2.75, 3.05) is 24.7 Å². The first-order chi connectivity index (χ1) is 20.2. The van der Waals surface area contributed by atoms with Gasteiger partial charge in [0.15, 0.2) is 0 Å². The average molecular weight is 584 g/mol. The number of ether oxygens (including phenoxy) is 2. The molecular formula is C31H37NO10. The molecule has 4 aliphatic rings. The Morgan fingerprint density at radius 2 is 1.38 bits per heavy atom. The van der Waals surface area contributed by atoms with Gasteiger partial charge in [-0.2, -0.15) is 0 Å². The van der Waals surface area contributed by atoms with Crippen molar-refractivity contribution in [2.24, 2.45) is 0 Å². The summed E-state index contributed by atoms with van der Waals surface area (Å²) >= 11 is 0. The Balaban J connectivity index is 1.36. The molecule has 0 aromatic heterocycles. The van der Waals surface area contributed by atoms with Crippen LogP contribution >= 0.6 is 0 Å². The van der Waals surface area contributed by atoms with Crippen molar-refractivity contribution in [1.82, 2.24) is 0 Å². The van der Waals surface area contributed by atoms with Crippen LogP contribution in [0.1, 0.15) is 30.4 Å². The molecule has 3 heterocycles. The molecule has 0 saturated carbocycles. The molecule has 1 aromatic carbocycles. The summed E-state index contributed by atoms with van der Waals surface area (Å²) in [4.78, 5) is 2.26. The highest BCUT2D eigenvalue weighted by molar-refractivity contribution is 5.69. The first-order valence-corrected chi connectivity index (χ1v) is 14.1. The van der Waals surface area contributed by atoms with Gasteiger partial charge in [0.2, 0.25) is 0 Å². The van der Waals surface area contributed by atoms with Crippen molar-refractivity contribution in [2.45, 2.75) is 86.3 Å². The van der Waals surface area contributed by atoms with Crippen molar-refractivity contribution >= 4 is 5.69 Å². The average Bonchev–Trinajstić information content (AvgIpc) is 3.30. The number of benzene rings is 1. The summed E-state index contributed by atoms with van der Waals surface area (Å²) in [5, 5.41) is 79.6. The van der Waals surface area contributed by atoms with Gasteiger partial charge in [0.1, 0.15) is 61.0 Å². The number of hydrogen-bond acceptors (Lipinski definition) is 11. The van der Waals surface area contributed by atoms with Gasteiger partial charge in [-0.15, -0.1) is 0 Å². The van der Waals surface area contributed by atoms with E-state index in [9.17, 15) is 40.9 Å². The third-order valence-corrected chi connectivity index (χ3v) is 8.23. The van der Waals surface area contributed by atoms with Crippen LogP contribution in [-0.4, -0.2) is 128 Å². The van der Waals surface area contributed by atoms with Gasteiger partial charge in [-0.3, -0.25) is 0 Å². The third-order valence-electron chi connectivity index (χ3n) is 8.23. The molecule has 2 saturated heterocycles. The van der Waals surface area contributed by atoms with E-state index in [0.717, 1.165) is 24.2 Å². The van der Waals surface area contributed by atoms with E-state index in [1.54, 1.807) is 0 Å². The maximum absolute atomic E-state index is 10.3. The number of anilines is 1. The molecule has 12 atom stereocenters. The molecule has 2 fully saturated rings. The number of allylic oxidation sites excluding steroid dienone is 2. The van der Waals surface area contributed by atoms with Crippen LogP contribution in [0.4, 0.5) is 5.69 Å². The van der Waals surface area contributed by atoms with Crippen molar-refractivity contribution in [3.05, 3.63) is 53.1 Å². The highest BCUT2D eigenvalue weighted by atomic mass is 16.5. The SMILES string of the molecule is CCCN1c2cc(C#C[C@H]3O[C@H](CO)[C@@H](O)[C@H](O)[C@@H]3O)ccc2C2C=CC(C#C[C@H]3O[C@H](CO)[C@@H](O)[C@H](O)[C@@H]3O)=CC21. The van der Waals surface area contributed by atoms with Crippen molar-refractivity contribution in [1.29, 1.82) is 0 Å². The molecule has 226 valence electrons. The van der Waals surface area contributed by atoms with Crippen molar-refractivity contribution in [3.8, 4) is 23.7 Å². The zero-order valence-electron chi connectivity index (χ0n) is 23.1. The number of aliphatic hydroxyl groups is 8. The third kappa shape index (κ3) is 5.74. The van der Waals surface area contributed by atoms with Gasteiger partial charge in [0.05, 0.1) is 19.3 Å². The minimum atomic E-state index is -1.49. The second kappa shape index (κ2) is 12.8. The molecule has 0 radical (unpaired) electrons. The molecule has 42 heavy (non-hydrogen) atoms. The fourth-order valence-electron chi connectivity index (χ4n) is 5.89. The Morgan fingerprint density at radius 3 is 1.95 bits per heavy atom. The van der Waals surface area contributed by atoms with E-state index in [2.05, 4.69) is 41.6 Å². The van der Waals surface area contributed by atoms with E-state index >= 15 is 0 Å². The first-order valence-electron chi connectivity index (χ1n) is 14.1. The van der Waals surface area contributed by atoms with Crippen LogP contribution in [0, 0.1) is 23.7 Å². The molecule has 8 N–H and O–H groups in total. The topological polar surface area (TPSA) is 184 Å². The van der Waals surface area contributed by atoms with Crippen molar-refractivity contribution in [3.63, 3.8) is 0 Å². The lowest BCUT2D eigenvalue weighted by Crippen LogP contribution is -2.58. The maximum atomic E-state index is 10.3. The summed E-state index contributed by atoms with van der Waals surface area (Å²) in [6, 6.07) is 5.80. The second-order valence-electron chi connectivity index (χ2n) is 11.0. The van der Waals surface area contributed by atoms with E-state index in [4.69, 9.17) is 9.47 Å². The van der Waals surface area contributed by atoms with Crippen LogP contribution in [-0.2, 0) is 9.47 Å². The van der Waals surface area contributed by atoms with Crippen LogP contribution < -0.4 is 4.90 Å². The standard InChI is InChI=1S/C31H37NO10/c1-2-11-32-20-12-16(5-9-22-26(35)30(39)28(37)24(14-33)41-22)3-7-18(20)19-8-4-17(13-21(19)32)6-10-23-27(36)31(40)29(38)25(15-34)42-23/h3-4,7-8,12-13,18,20,22-31,33-40H,2,11,14-15H2,1H3/t18?,20?,22-,23-,24-,25-,26-,27-,28-,29-,30-,31-/m1/s1. The molecule has 5 rings (SSSR count). The zero-order chi connectivity index (χ0) is 30.1. The predicted molar refractivity (Wildman–Crippen MR) is 150 cm³/mol. The lowest BCUT2D eigenvalue weighted by atomic mass is 9.88. The van der Waals surface area contributed by atoms with Gasteiger partial charge in [-0.05, 0) is 30.2 Å². The van der Waals surface area contributed by atoms with Gasteiger partial charge >= 0.3 is 0 Å². The normalized spacial score (nSPS) is 38.9. The lowest BCUT2D eigenvalue weighted by Gasteiger charge is -2.37. The van der Waals surface area contributed by atoms with Crippen molar-refractivity contribution < 1.29 is 50.3 Å². The van der Waals surface area contributed by atoms with Gasteiger partial charge in [0, 0.05) is 29.3 Å². The van der Waals surface area contributed by atoms with E-state index in [0.29, 0.717) is 11.1 Å². The number of nitrogens with zero attached hydrogens (tertiary/aromatic N) is 1. The maximum Gasteiger partial charge on any atom is 0.147 e. The summed E-state index contributed by atoms with van der Waals surface area (Å²) in [5.74, 6) is 11.7. The fraction of sp³-hybridized carbons (Fsp3) is 0.548. The molecular weight excluding hydrogens is 546 g/mol. The van der Waals surface area contributed by atoms with E-state index in [1.807, 2.05) is 30.4 Å². The zero-order valence-corrected chi connectivity index (χ0v) is 23.1. The summed E-state index contributed by atoms with van der Waals surface area (Å²) in [5.41, 5.74) is 3.47. The summed E-state index contributed by atoms with van der Waals surface area (Å²) in [6.45, 7) is 1.80. The number of fused-ring (bicyclic) bond motifs is 3. The Hall–Kier alpha value is -2.78.